The second-order valence-electron chi connectivity index (χ2n) is 3.49. The molecular formula is C9H11F3N2O2S. The minimum Gasteiger partial charge on any atom is -0.609 e. The standard InChI is InChI=1S/C9H11F3N2O2S/c1-5(2)16-7-6(9(10,11)12)4-13-8(14-7)17(3)15/h4-5H,1-3H3. The average Bonchev–Trinajstić information content (AvgIpc) is 2.14. The maximum Gasteiger partial charge on any atom is 0.423 e. The number of ether oxygens (including phenoxy) is 1. The third-order valence-electron chi connectivity index (χ3n) is 1.64. The van der Waals surface area contributed by atoms with E-state index in [2.05, 4.69) is 9.97 Å². The maximum absolute atomic E-state index is 12.6. The first kappa shape index (κ1) is 14.0. The highest BCUT2D eigenvalue weighted by Crippen LogP contribution is 2.35. The molecule has 1 rings (SSSR count). The summed E-state index contributed by atoms with van der Waals surface area (Å²) >= 11 is -1.56. The molecule has 1 aromatic heterocycles. The molecule has 0 amide bonds. The van der Waals surface area contributed by atoms with Crippen LogP contribution in [0.2, 0.25) is 0 Å². The van der Waals surface area contributed by atoms with Crippen molar-refractivity contribution in [1.82, 2.24) is 9.97 Å². The Hall–Kier alpha value is -1.02. The molecule has 1 heterocycles. The zero-order valence-corrected chi connectivity index (χ0v) is 10.2. The van der Waals surface area contributed by atoms with Gasteiger partial charge in [0.2, 0.25) is 5.88 Å². The van der Waals surface area contributed by atoms with Crippen molar-refractivity contribution in [2.24, 2.45) is 0 Å². The van der Waals surface area contributed by atoms with E-state index < -0.39 is 34.9 Å². The van der Waals surface area contributed by atoms with Gasteiger partial charge in [0.15, 0.2) is 0 Å². The number of nitrogens with zero attached hydrogens (tertiary/aromatic N) is 2. The molecule has 0 radical (unpaired) electrons. The van der Waals surface area contributed by atoms with E-state index in [-0.39, 0.29) is 5.16 Å². The topological polar surface area (TPSA) is 58.1 Å². The van der Waals surface area contributed by atoms with Crippen molar-refractivity contribution < 1.29 is 22.5 Å². The number of aromatic nitrogens is 2. The van der Waals surface area contributed by atoms with E-state index in [1.54, 1.807) is 13.8 Å². The number of rotatable bonds is 3. The molecule has 96 valence electrons. The van der Waals surface area contributed by atoms with Gasteiger partial charge in [-0.2, -0.15) is 18.2 Å². The molecule has 0 aliphatic rings. The van der Waals surface area contributed by atoms with E-state index >= 15 is 0 Å². The van der Waals surface area contributed by atoms with Crippen LogP contribution in [0.5, 0.6) is 5.88 Å². The van der Waals surface area contributed by atoms with Crippen LogP contribution in [0.15, 0.2) is 11.4 Å². The minimum atomic E-state index is -4.60. The summed E-state index contributed by atoms with van der Waals surface area (Å²) < 4.78 is 53.8. The monoisotopic (exact) mass is 268 g/mol. The number of halogens is 3. The predicted molar refractivity (Wildman–Crippen MR) is 55.1 cm³/mol. The Balaban J connectivity index is 3.22. The Labute approximate surface area is 99.4 Å². The lowest BCUT2D eigenvalue weighted by Crippen LogP contribution is -2.17. The summed E-state index contributed by atoms with van der Waals surface area (Å²) in [6.45, 7) is 3.15. The quantitative estimate of drug-likeness (QED) is 0.621. The molecule has 0 saturated carbocycles. The van der Waals surface area contributed by atoms with Gasteiger partial charge < -0.3 is 9.29 Å². The van der Waals surface area contributed by atoms with Gasteiger partial charge in [0.05, 0.1) is 12.3 Å². The Morgan fingerprint density at radius 1 is 1.41 bits per heavy atom. The Kier molecular flexibility index (Phi) is 4.21. The zero-order chi connectivity index (χ0) is 13.2. The molecule has 8 heteroatoms. The van der Waals surface area contributed by atoms with Crippen LogP contribution in [0, 0.1) is 0 Å². The second kappa shape index (κ2) is 5.09. The summed E-state index contributed by atoms with van der Waals surface area (Å²) in [5.74, 6) is -0.590. The van der Waals surface area contributed by atoms with Crippen molar-refractivity contribution in [3.63, 3.8) is 0 Å². The molecule has 0 aromatic carbocycles. The first-order valence-corrected chi connectivity index (χ1v) is 6.22. The summed E-state index contributed by atoms with van der Waals surface area (Å²) in [6.07, 6.45) is -3.20. The van der Waals surface area contributed by atoms with Crippen LogP contribution in [0.3, 0.4) is 0 Å². The van der Waals surface area contributed by atoms with Crippen molar-refractivity contribution in [1.29, 1.82) is 0 Å². The smallest absolute Gasteiger partial charge is 0.423 e. The third kappa shape index (κ3) is 3.74. The minimum absolute atomic E-state index is 0.186. The number of alkyl halides is 3. The van der Waals surface area contributed by atoms with Crippen LogP contribution in [0.4, 0.5) is 13.2 Å². The first-order valence-electron chi connectivity index (χ1n) is 4.66. The maximum atomic E-state index is 12.6. The van der Waals surface area contributed by atoms with E-state index in [0.29, 0.717) is 6.20 Å². The first-order chi connectivity index (χ1) is 7.71. The van der Waals surface area contributed by atoms with Crippen LogP contribution in [0.1, 0.15) is 19.4 Å². The van der Waals surface area contributed by atoms with Gasteiger partial charge in [0, 0.05) is 11.2 Å². The molecular weight excluding hydrogens is 257 g/mol. The van der Waals surface area contributed by atoms with Crippen LogP contribution >= 0.6 is 0 Å². The second-order valence-corrected chi connectivity index (χ2v) is 4.76. The van der Waals surface area contributed by atoms with Crippen molar-refractivity contribution in [2.45, 2.75) is 31.3 Å². The molecule has 1 unspecified atom stereocenters. The Bertz CT molecular complexity index is 396. The van der Waals surface area contributed by atoms with Gasteiger partial charge in [-0.3, -0.25) is 0 Å². The summed E-state index contributed by atoms with van der Waals surface area (Å²) in [5, 5.41) is -0.186. The molecule has 0 fully saturated rings. The van der Waals surface area contributed by atoms with Gasteiger partial charge in [0.25, 0.3) is 0 Å². The van der Waals surface area contributed by atoms with Crippen LogP contribution in [0.25, 0.3) is 0 Å². The zero-order valence-electron chi connectivity index (χ0n) is 9.41. The summed E-state index contributed by atoms with van der Waals surface area (Å²) in [5.41, 5.74) is -1.07. The van der Waals surface area contributed by atoms with Crippen LogP contribution in [-0.4, -0.2) is 26.9 Å². The Morgan fingerprint density at radius 2 is 2.00 bits per heavy atom. The molecule has 4 nitrogen and oxygen atoms in total. The molecule has 0 bridgehead atoms. The molecule has 0 N–H and O–H groups in total. The van der Waals surface area contributed by atoms with Crippen molar-refractivity contribution in [2.75, 3.05) is 6.26 Å². The summed E-state index contributed by atoms with van der Waals surface area (Å²) in [7, 11) is 0. The van der Waals surface area contributed by atoms with E-state index in [9.17, 15) is 17.7 Å². The van der Waals surface area contributed by atoms with Gasteiger partial charge in [0.1, 0.15) is 11.8 Å². The number of hydrogen-bond donors (Lipinski definition) is 0. The Morgan fingerprint density at radius 3 is 2.41 bits per heavy atom. The summed E-state index contributed by atoms with van der Waals surface area (Å²) in [4.78, 5) is 6.93. The van der Waals surface area contributed by atoms with Gasteiger partial charge in [-0.05, 0) is 13.8 Å². The largest absolute Gasteiger partial charge is 0.609 e. The highest BCUT2D eigenvalue weighted by molar-refractivity contribution is 7.90. The SMILES string of the molecule is CC(C)Oc1nc([S+](C)[O-])ncc1C(F)(F)F. The fraction of sp³-hybridized carbons (Fsp3) is 0.556. The molecule has 1 atom stereocenters. The van der Waals surface area contributed by atoms with Gasteiger partial charge >= 0.3 is 11.3 Å². The molecule has 1 aromatic rings. The fourth-order valence-corrected chi connectivity index (χ4v) is 1.41. The molecule has 0 spiro atoms. The molecule has 0 aliphatic carbocycles. The molecule has 0 aliphatic heterocycles. The van der Waals surface area contributed by atoms with Crippen molar-refractivity contribution in [3.05, 3.63) is 11.8 Å². The fourth-order valence-electron chi connectivity index (χ4n) is 0.997. The third-order valence-corrected chi connectivity index (χ3v) is 2.35. The lowest BCUT2D eigenvalue weighted by molar-refractivity contribution is -0.139. The van der Waals surface area contributed by atoms with E-state index in [1.807, 2.05) is 0 Å². The lowest BCUT2D eigenvalue weighted by atomic mass is 10.3. The average molecular weight is 268 g/mol. The number of hydrogen-bond acceptors (Lipinski definition) is 4. The molecule has 0 saturated heterocycles. The lowest BCUT2D eigenvalue weighted by Gasteiger charge is -2.15. The summed E-state index contributed by atoms with van der Waals surface area (Å²) in [6, 6.07) is 0. The van der Waals surface area contributed by atoms with E-state index in [4.69, 9.17) is 4.74 Å². The van der Waals surface area contributed by atoms with Crippen molar-refractivity contribution in [3.8, 4) is 5.88 Å². The molecule has 17 heavy (non-hydrogen) atoms. The predicted octanol–water partition coefficient (Wildman–Crippen LogP) is 2.02. The van der Waals surface area contributed by atoms with Crippen LogP contribution < -0.4 is 4.74 Å². The normalized spacial score (nSPS) is 13.9. The van der Waals surface area contributed by atoms with Gasteiger partial charge in [-0.1, -0.05) is 0 Å². The van der Waals surface area contributed by atoms with Crippen molar-refractivity contribution >= 4 is 11.2 Å². The highest BCUT2D eigenvalue weighted by Gasteiger charge is 2.37. The highest BCUT2D eigenvalue weighted by atomic mass is 32.2. The van der Waals surface area contributed by atoms with Gasteiger partial charge in [-0.25, -0.2) is 0 Å². The van der Waals surface area contributed by atoms with E-state index in [0.717, 1.165) is 0 Å². The van der Waals surface area contributed by atoms with E-state index in [1.165, 1.54) is 6.26 Å². The van der Waals surface area contributed by atoms with Crippen LogP contribution in [-0.2, 0) is 17.4 Å². The van der Waals surface area contributed by atoms with Gasteiger partial charge in [-0.15, -0.1) is 4.98 Å².